The zero-order valence-corrected chi connectivity index (χ0v) is 16.0. The lowest BCUT2D eigenvalue weighted by atomic mass is 10.1. The number of carbonyl (C=O) groups is 2. The van der Waals surface area contributed by atoms with E-state index in [4.69, 9.17) is 0 Å². The molecule has 1 N–H and O–H groups in total. The third-order valence-corrected chi connectivity index (χ3v) is 5.79. The first-order valence-electron chi connectivity index (χ1n) is 8.78. The summed E-state index contributed by atoms with van der Waals surface area (Å²) in [5.41, 5.74) is 5.64. The number of aromatic nitrogens is 2. The maximum Gasteiger partial charge on any atom is 0.267 e. The second-order valence-corrected chi connectivity index (χ2v) is 7.53. The molecule has 2 aromatic heterocycles. The first-order valence-corrected chi connectivity index (χ1v) is 9.66. The van der Waals surface area contributed by atoms with E-state index in [1.54, 1.807) is 11.6 Å². The molecule has 1 aliphatic heterocycles. The topological polar surface area (TPSA) is 67.2 Å². The fraction of sp³-hybridized carbons (Fsp3) is 0.250. The quantitative estimate of drug-likeness (QED) is 0.757. The molecular formula is C20H20N4O2S. The number of amides is 2. The van der Waals surface area contributed by atoms with Crippen LogP contribution in [0.1, 0.15) is 37.0 Å². The minimum Gasteiger partial charge on any atom is -0.348 e. The van der Waals surface area contributed by atoms with Gasteiger partial charge < -0.3 is 14.8 Å². The highest BCUT2D eigenvalue weighted by Crippen LogP contribution is 2.22. The molecule has 6 nitrogen and oxygen atoms in total. The van der Waals surface area contributed by atoms with Crippen LogP contribution in [0.15, 0.2) is 42.0 Å². The molecule has 0 saturated carbocycles. The summed E-state index contributed by atoms with van der Waals surface area (Å²) in [7, 11) is 0. The minimum atomic E-state index is -0.196. The normalized spacial score (nSPS) is 13.3. The van der Waals surface area contributed by atoms with Gasteiger partial charge in [0.1, 0.15) is 4.88 Å². The Hall–Kier alpha value is -2.93. The van der Waals surface area contributed by atoms with E-state index in [0.717, 1.165) is 17.8 Å². The maximum absolute atomic E-state index is 13.0. The van der Waals surface area contributed by atoms with Gasteiger partial charge in [-0.15, -0.1) is 11.3 Å². The van der Waals surface area contributed by atoms with Gasteiger partial charge in [-0.25, -0.2) is 4.98 Å². The molecule has 3 aromatic rings. The van der Waals surface area contributed by atoms with Crippen molar-refractivity contribution in [2.45, 2.75) is 26.9 Å². The van der Waals surface area contributed by atoms with Crippen LogP contribution in [0.5, 0.6) is 0 Å². The van der Waals surface area contributed by atoms with Gasteiger partial charge in [-0.05, 0) is 43.7 Å². The molecule has 0 spiro atoms. The van der Waals surface area contributed by atoms with Gasteiger partial charge in [-0.3, -0.25) is 9.59 Å². The van der Waals surface area contributed by atoms with Crippen LogP contribution in [0.4, 0.5) is 5.69 Å². The zero-order chi connectivity index (χ0) is 19.0. The predicted molar refractivity (Wildman–Crippen MR) is 105 cm³/mol. The SMILES string of the molecule is Cc1ccc(C(=O)N2CCn3cccc3C2)cc1NC(=O)c1scnc1C. The molecule has 1 aliphatic rings. The van der Waals surface area contributed by atoms with Gasteiger partial charge in [0.05, 0.1) is 17.7 Å². The third-order valence-electron chi connectivity index (χ3n) is 4.86. The van der Waals surface area contributed by atoms with Crippen molar-refractivity contribution in [1.82, 2.24) is 14.5 Å². The van der Waals surface area contributed by atoms with Crippen LogP contribution < -0.4 is 5.32 Å². The summed E-state index contributed by atoms with van der Waals surface area (Å²) >= 11 is 1.31. The molecule has 2 amide bonds. The average molecular weight is 380 g/mol. The Labute approximate surface area is 161 Å². The van der Waals surface area contributed by atoms with E-state index in [0.29, 0.717) is 34.9 Å². The Bertz CT molecular complexity index is 1020. The second kappa shape index (κ2) is 7.00. The highest BCUT2D eigenvalue weighted by molar-refractivity contribution is 7.12. The van der Waals surface area contributed by atoms with E-state index < -0.39 is 0 Å². The van der Waals surface area contributed by atoms with Crippen molar-refractivity contribution in [2.75, 3.05) is 11.9 Å². The number of nitrogens with zero attached hydrogens (tertiary/aromatic N) is 3. The van der Waals surface area contributed by atoms with Crippen LogP contribution in [-0.2, 0) is 13.1 Å². The molecule has 4 rings (SSSR count). The van der Waals surface area contributed by atoms with Gasteiger partial charge in [0, 0.05) is 36.2 Å². The van der Waals surface area contributed by atoms with Gasteiger partial charge in [0.15, 0.2) is 0 Å². The smallest absolute Gasteiger partial charge is 0.267 e. The zero-order valence-electron chi connectivity index (χ0n) is 15.2. The summed E-state index contributed by atoms with van der Waals surface area (Å²) in [5, 5.41) is 2.92. The highest BCUT2D eigenvalue weighted by atomic mass is 32.1. The summed E-state index contributed by atoms with van der Waals surface area (Å²) in [6, 6.07) is 9.50. The van der Waals surface area contributed by atoms with E-state index in [9.17, 15) is 9.59 Å². The number of thiazole rings is 1. The summed E-state index contributed by atoms with van der Waals surface area (Å²) in [5.74, 6) is -0.217. The van der Waals surface area contributed by atoms with Crippen LogP contribution in [0.3, 0.4) is 0 Å². The average Bonchev–Trinajstić information content (AvgIpc) is 3.30. The Morgan fingerprint density at radius 3 is 2.81 bits per heavy atom. The van der Waals surface area contributed by atoms with E-state index in [2.05, 4.69) is 14.9 Å². The number of anilines is 1. The lowest BCUT2D eigenvalue weighted by Gasteiger charge is -2.29. The van der Waals surface area contributed by atoms with Crippen LogP contribution >= 0.6 is 11.3 Å². The van der Waals surface area contributed by atoms with E-state index in [1.807, 2.05) is 49.2 Å². The fourth-order valence-corrected chi connectivity index (χ4v) is 3.96. The number of nitrogens with one attached hydrogen (secondary N) is 1. The molecule has 0 fully saturated rings. The van der Waals surface area contributed by atoms with Gasteiger partial charge in [0.25, 0.3) is 11.8 Å². The minimum absolute atomic E-state index is 0.0214. The van der Waals surface area contributed by atoms with E-state index in [1.165, 1.54) is 11.3 Å². The molecule has 0 unspecified atom stereocenters. The molecule has 27 heavy (non-hydrogen) atoms. The van der Waals surface area contributed by atoms with E-state index in [-0.39, 0.29) is 11.8 Å². The molecule has 0 aliphatic carbocycles. The fourth-order valence-electron chi connectivity index (χ4n) is 3.26. The first kappa shape index (κ1) is 17.5. The van der Waals surface area contributed by atoms with Crippen LogP contribution in [0.2, 0.25) is 0 Å². The molecule has 0 bridgehead atoms. The number of aryl methyl sites for hydroxylation is 2. The van der Waals surface area contributed by atoms with Crippen LogP contribution in [0.25, 0.3) is 0 Å². The number of benzene rings is 1. The number of carbonyl (C=O) groups excluding carboxylic acids is 2. The Morgan fingerprint density at radius 1 is 1.19 bits per heavy atom. The van der Waals surface area contributed by atoms with Crippen molar-refractivity contribution < 1.29 is 9.59 Å². The number of rotatable bonds is 3. The second-order valence-electron chi connectivity index (χ2n) is 6.67. The predicted octanol–water partition coefficient (Wildman–Crippen LogP) is 3.47. The van der Waals surface area contributed by atoms with Crippen molar-refractivity contribution in [3.63, 3.8) is 0 Å². The lowest BCUT2D eigenvalue weighted by molar-refractivity contribution is 0.0711. The Balaban J connectivity index is 1.54. The molecule has 0 saturated heterocycles. The summed E-state index contributed by atoms with van der Waals surface area (Å²) in [4.78, 5) is 32.0. The van der Waals surface area contributed by atoms with Crippen molar-refractivity contribution in [3.05, 3.63) is 69.4 Å². The van der Waals surface area contributed by atoms with Crippen LogP contribution in [-0.4, -0.2) is 32.8 Å². The largest absolute Gasteiger partial charge is 0.348 e. The van der Waals surface area contributed by atoms with Crippen LogP contribution in [0, 0.1) is 13.8 Å². The summed E-state index contributed by atoms with van der Waals surface area (Å²) < 4.78 is 2.17. The number of hydrogen-bond donors (Lipinski definition) is 1. The first-order chi connectivity index (χ1) is 13.0. The standard InChI is InChI=1S/C20H20N4O2S/c1-13-5-6-15(10-17(13)22-19(25)18-14(2)21-12-27-18)20(26)24-9-8-23-7-3-4-16(23)11-24/h3-7,10,12H,8-9,11H2,1-2H3,(H,22,25). The molecule has 3 heterocycles. The third kappa shape index (κ3) is 3.38. The molecule has 138 valence electrons. The molecule has 1 aromatic carbocycles. The Kier molecular flexibility index (Phi) is 4.53. The van der Waals surface area contributed by atoms with E-state index >= 15 is 0 Å². The summed E-state index contributed by atoms with van der Waals surface area (Å²) in [6.07, 6.45) is 2.04. The van der Waals surface area contributed by atoms with Gasteiger partial charge >= 0.3 is 0 Å². The van der Waals surface area contributed by atoms with Gasteiger partial charge in [-0.1, -0.05) is 6.07 Å². The molecular weight excluding hydrogens is 360 g/mol. The van der Waals surface area contributed by atoms with Crippen molar-refractivity contribution in [1.29, 1.82) is 0 Å². The van der Waals surface area contributed by atoms with Gasteiger partial charge in [-0.2, -0.15) is 0 Å². The number of fused-ring (bicyclic) bond motifs is 1. The number of hydrogen-bond acceptors (Lipinski definition) is 4. The maximum atomic E-state index is 13.0. The molecule has 7 heteroatoms. The van der Waals surface area contributed by atoms with Gasteiger partial charge in [0.2, 0.25) is 0 Å². The Morgan fingerprint density at radius 2 is 2.04 bits per heavy atom. The monoisotopic (exact) mass is 380 g/mol. The summed E-state index contributed by atoms with van der Waals surface area (Å²) in [6.45, 7) is 5.80. The highest BCUT2D eigenvalue weighted by Gasteiger charge is 2.22. The van der Waals surface area contributed by atoms with Crippen molar-refractivity contribution in [3.8, 4) is 0 Å². The molecule has 0 atom stereocenters. The van der Waals surface area contributed by atoms with Crippen molar-refractivity contribution in [2.24, 2.45) is 0 Å². The lowest BCUT2D eigenvalue weighted by Crippen LogP contribution is -2.37. The molecule has 0 radical (unpaired) electrons. The van der Waals surface area contributed by atoms with Crippen molar-refractivity contribution >= 4 is 28.8 Å².